The molecule has 128 valence electrons. The molecule has 0 aliphatic carbocycles. The number of likely N-dealkylation sites (tertiary alicyclic amines) is 1. The molecule has 23 heavy (non-hydrogen) atoms. The van der Waals surface area contributed by atoms with Crippen LogP contribution in [0.15, 0.2) is 15.7 Å². The minimum absolute atomic E-state index is 0.0783. The Balaban J connectivity index is 1.98. The van der Waals surface area contributed by atoms with E-state index in [1.165, 1.54) is 12.3 Å². The van der Waals surface area contributed by atoms with E-state index in [4.69, 9.17) is 9.88 Å². The number of amides is 1. The molecule has 1 aliphatic heterocycles. The van der Waals surface area contributed by atoms with E-state index in [-0.39, 0.29) is 15.7 Å². The average molecular weight is 360 g/mol. The zero-order valence-corrected chi connectivity index (χ0v) is 14.5. The second kappa shape index (κ2) is 7.41. The number of carbonyl (C=O) groups is 2. The number of hydrogen-bond donors (Lipinski definition) is 1. The molecule has 1 unspecified atom stereocenters. The normalized spacial score (nSPS) is 17.4. The molecule has 7 nitrogen and oxygen atoms in total. The lowest BCUT2D eigenvalue weighted by molar-refractivity contribution is -0.139. The van der Waals surface area contributed by atoms with Crippen molar-refractivity contribution in [2.75, 3.05) is 13.1 Å². The molecule has 2 heterocycles. The lowest BCUT2D eigenvalue weighted by Gasteiger charge is -2.23. The van der Waals surface area contributed by atoms with E-state index in [0.29, 0.717) is 13.1 Å². The van der Waals surface area contributed by atoms with Gasteiger partial charge in [0.25, 0.3) is 5.91 Å². The minimum atomic E-state index is -3.85. The summed E-state index contributed by atoms with van der Waals surface area (Å²) < 4.78 is 27.5. The van der Waals surface area contributed by atoms with Crippen molar-refractivity contribution in [1.29, 1.82) is 0 Å². The lowest BCUT2D eigenvalue weighted by Crippen LogP contribution is -2.40. The van der Waals surface area contributed by atoms with Gasteiger partial charge in [-0.05, 0) is 25.8 Å². The van der Waals surface area contributed by atoms with Crippen LogP contribution in [0.5, 0.6) is 0 Å². The summed E-state index contributed by atoms with van der Waals surface area (Å²) in [6, 6.07) is 1.16. The average Bonchev–Trinajstić information content (AvgIpc) is 2.84. The Morgan fingerprint density at radius 3 is 2.39 bits per heavy atom. The quantitative estimate of drug-likeness (QED) is 0.816. The van der Waals surface area contributed by atoms with Gasteiger partial charge in [-0.15, -0.1) is 11.3 Å². The highest BCUT2D eigenvalue weighted by Crippen LogP contribution is 2.20. The Morgan fingerprint density at radius 2 is 1.87 bits per heavy atom. The zero-order valence-electron chi connectivity index (χ0n) is 12.9. The molecule has 0 bridgehead atoms. The van der Waals surface area contributed by atoms with Gasteiger partial charge in [0.2, 0.25) is 10.0 Å². The fraction of sp³-hybridized carbons (Fsp3) is 0.571. The molecule has 1 aromatic heterocycles. The number of rotatable bonds is 4. The van der Waals surface area contributed by atoms with E-state index in [9.17, 15) is 18.0 Å². The van der Waals surface area contributed by atoms with Gasteiger partial charge < -0.3 is 9.64 Å². The van der Waals surface area contributed by atoms with E-state index in [0.717, 1.165) is 43.1 Å². The molecule has 9 heteroatoms. The maximum Gasteiger partial charge on any atom is 0.339 e. The van der Waals surface area contributed by atoms with Gasteiger partial charge in [0, 0.05) is 18.5 Å². The summed E-state index contributed by atoms with van der Waals surface area (Å²) in [6.07, 6.45) is 3.20. The summed E-state index contributed by atoms with van der Waals surface area (Å²) in [4.78, 5) is 26.1. The first kappa shape index (κ1) is 17.9. The van der Waals surface area contributed by atoms with Crippen LogP contribution in [0.1, 0.15) is 43.0 Å². The number of carbonyl (C=O) groups excluding carboxylic acids is 2. The molecule has 0 aromatic carbocycles. The van der Waals surface area contributed by atoms with E-state index >= 15 is 0 Å². The van der Waals surface area contributed by atoms with Gasteiger partial charge in [0.15, 0.2) is 6.10 Å². The lowest BCUT2D eigenvalue weighted by atomic mass is 10.2. The van der Waals surface area contributed by atoms with Crippen molar-refractivity contribution < 1.29 is 22.7 Å². The Kier molecular flexibility index (Phi) is 5.77. The predicted molar refractivity (Wildman–Crippen MR) is 85.6 cm³/mol. The van der Waals surface area contributed by atoms with E-state index in [1.807, 2.05) is 0 Å². The van der Waals surface area contributed by atoms with Crippen molar-refractivity contribution in [3.05, 3.63) is 17.0 Å². The predicted octanol–water partition coefficient (Wildman–Crippen LogP) is 1.34. The van der Waals surface area contributed by atoms with Crippen LogP contribution in [0, 0.1) is 0 Å². The third-order valence-electron chi connectivity index (χ3n) is 3.64. The van der Waals surface area contributed by atoms with Gasteiger partial charge >= 0.3 is 5.97 Å². The van der Waals surface area contributed by atoms with Gasteiger partial charge in [-0.1, -0.05) is 12.8 Å². The number of nitrogens with zero attached hydrogens (tertiary/aromatic N) is 1. The van der Waals surface area contributed by atoms with Gasteiger partial charge in [-0.2, -0.15) is 0 Å². The van der Waals surface area contributed by atoms with Crippen molar-refractivity contribution in [1.82, 2.24) is 4.90 Å². The standard InChI is InChI=1S/C14H20N2O5S2/c1-10(13(17)16-6-4-2-3-5-7-16)21-14(18)11-8-12(22-9-11)23(15,19)20/h8-10H,2-7H2,1H3,(H2,15,19,20). The number of thiophene rings is 1. The van der Waals surface area contributed by atoms with Gasteiger partial charge in [0.05, 0.1) is 5.56 Å². The molecule has 1 amide bonds. The fourth-order valence-electron chi connectivity index (χ4n) is 2.40. The highest BCUT2D eigenvalue weighted by molar-refractivity contribution is 7.91. The number of sulfonamides is 1. The summed E-state index contributed by atoms with van der Waals surface area (Å²) in [6.45, 7) is 2.88. The maximum atomic E-state index is 12.3. The number of esters is 1. The Bertz CT molecular complexity index is 675. The van der Waals surface area contributed by atoms with Crippen molar-refractivity contribution in [2.45, 2.75) is 42.9 Å². The van der Waals surface area contributed by atoms with E-state index in [1.54, 1.807) is 4.90 Å². The molecule has 0 saturated carbocycles. The maximum absolute atomic E-state index is 12.3. The fourth-order valence-corrected chi connectivity index (χ4v) is 3.97. The first-order valence-corrected chi connectivity index (χ1v) is 9.83. The molecule has 0 spiro atoms. The first-order valence-electron chi connectivity index (χ1n) is 7.40. The van der Waals surface area contributed by atoms with Crippen LogP contribution < -0.4 is 5.14 Å². The molecular weight excluding hydrogens is 340 g/mol. The van der Waals surface area contributed by atoms with Crippen molar-refractivity contribution >= 4 is 33.2 Å². The number of primary sulfonamides is 1. The zero-order chi connectivity index (χ0) is 17.0. The van der Waals surface area contributed by atoms with E-state index in [2.05, 4.69) is 0 Å². The number of ether oxygens (including phenoxy) is 1. The van der Waals surface area contributed by atoms with Crippen LogP contribution in [0.3, 0.4) is 0 Å². The smallest absolute Gasteiger partial charge is 0.339 e. The third kappa shape index (κ3) is 4.76. The van der Waals surface area contributed by atoms with Crippen LogP contribution in [-0.2, 0) is 19.6 Å². The second-order valence-electron chi connectivity index (χ2n) is 5.49. The Morgan fingerprint density at radius 1 is 1.26 bits per heavy atom. The largest absolute Gasteiger partial charge is 0.449 e. The second-order valence-corrected chi connectivity index (χ2v) is 8.19. The van der Waals surface area contributed by atoms with Gasteiger partial charge in [-0.25, -0.2) is 18.4 Å². The minimum Gasteiger partial charge on any atom is -0.449 e. The third-order valence-corrected chi connectivity index (χ3v) is 6.03. The number of nitrogens with two attached hydrogens (primary N) is 1. The first-order chi connectivity index (χ1) is 10.8. The molecule has 2 rings (SSSR count). The van der Waals surface area contributed by atoms with Crippen LogP contribution in [0.2, 0.25) is 0 Å². The number of hydrogen-bond acceptors (Lipinski definition) is 6. The Hall–Kier alpha value is -1.45. The molecule has 1 saturated heterocycles. The van der Waals surface area contributed by atoms with Gasteiger partial charge in [0.1, 0.15) is 4.21 Å². The topological polar surface area (TPSA) is 107 Å². The molecule has 1 aromatic rings. The van der Waals surface area contributed by atoms with Crippen LogP contribution in [0.4, 0.5) is 0 Å². The summed E-state index contributed by atoms with van der Waals surface area (Å²) in [5.41, 5.74) is 0.0783. The summed E-state index contributed by atoms with van der Waals surface area (Å²) in [7, 11) is -3.85. The van der Waals surface area contributed by atoms with Crippen molar-refractivity contribution in [3.63, 3.8) is 0 Å². The van der Waals surface area contributed by atoms with Gasteiger partial charge in [-0.3, -0.25) is 4.79 Å². The monoisotopic (exact) mass is 360 g/mol. The summed E-state index contributed by atoms with van der Waals surface area (Å²) in [5.74, 6) is -0.950. The van der Waals surface area contributed by atoms with Crippen LogP contribution >= 0.6 is 11.3 Å². The molecule has 0 radical (unpaired) electrons. The summed E-state index contributed by atoms with van der Waals surface area (Å²) in [5, 5.41) is 6.35. The summed E-state index contributed by atoms with van der Waals surface area (Å²) >= 11 is 0.842. The molecule has 1 aliphatic rings. The van der Waals surface area contributed by atoms with Crippen molar-refractivity contribution in [2.24, 2.45) is 5.14 Å². The molecule has 2 N–H and O–H groups in total. The highest BCUT2D eigenvalue weighted by atomic mass is 32.2. The molecular formula is C14H20N2O5S2. The SMILES string of the molecule is CC(OC(=O)c1csc(S(N)(=O)=O)c1)C(=O)N1CCCCCC1. The Labute approximate surface area is 139 Å². The highest BCUT2D eigenvalue weighted by Gasteiger charge is 2.25. The molecule has 1 atom stereocenters. The van der Waals surface area contributed by atoms with Crippen LogP contribution in [0.25, 0.3) is 0 Å². The molecule has 1 fully saturated rings. The van der Waals surface area contributed by atoms with Crippen molar-refractivity contribution in [3.8, 4) is 0 Å². The van der Waals surface area contributed by atoms with E-state index < -0.39 is 22.1 Å². The van der Waals surface area contributed by atoms with Crippen LogP contribution in [-0.4, -0.2) is 44.4 Å².